The van der Waals surface area contributed by atoms with E-state index in [1.165, 1.54) is 50.5 Å². The monoisotopic (exact) mass is 494 g/mol. The lowest BCUT2D eigenvalue weighted by Crippen LogP contribution is -2.29. The van der Waals surface area contributed by atoms with E-state index in [4.69, 9.17) is 0 Å². The maximum atomic E-state index is 11.6. The molecule has 0 radical (unpaired) electrons. The fourth-order valence-electron chi connectivity index (χ4n) is 4.07. The second kappa shape index (κ2) is 13.3. The van der Waals surface area contributed by atoms with E-state index in [-0.39, 0.29) is 6.42 Å². The SMILES string of the molecule is CCCCCCCCCc1ccc(-c2ccc(CCCC(S(C)(=O)=O)S(=O)(=O)O)cc2)cc1. The summed E-state index contributed by atoms with van der Waals surface area (Å²) < 4.78 is 53.4. The van der Waals surface area contributed by atoms with Gasteiger partial charge in [-0.1, -0.05) is 94.0 Å². The van der Waals surface area contributed by atoms with Gasteiger partial charge >= 0.3 is 0 Å². The van der Waals surface area contributed by atoms with E-state index in [2.05, 4.69) is 31.2 Å². The van der Waals surface area contributed by atoms with Gasteiger partial charge in [0.1, 0.15) is 0 Å². The Balaban J connectivity index is 1.82. The van der Waals surface area contributed by atoms with E-state index in [1.807, 2.05) is 24.3 Å². The third-order valence-corrected chi connectivity index (χ3v) is 9.89. The second-order valence-electron chi connectivity index (χ2n) is 8.93. The molecule has 0 aliphatic rings. The van der Waals surface area contributed by atoms with Crippen LogP contribution < -0.4 is 0 Å². The van der Waals surface area contributed by atoms with Crippen LogP contribution in [-0.2, 0) is 32.8 Å². The van der Waals surface area contributed by atoms with Gasteiger partial charge in [-0.2, -0.15) is 8.42 Å². The molecule has 2 aromatic carbocycles. The summed E-state index contributed by atoms with van der Waals surface area (Å²) >= 11 is 0. The minimum absolute atomic E-state index is 0.125. The number of unbranched alkanes of at least 4 members (excludes halogenated alkanes) is 6. The Hall–Kier alpha value is -1.70. The number of aryl methyl sites for hydroxylation is 2. The largest absolute Gasteiger partial charge is 0.285 e. The number of benzene rings is 2. The molecule has 7 heteroatoms. The molecule has 0 bridgehead atoms. The van der Waals surface area contributed by atoms with Crippen molar-refractivity contribution in [3.63, 3.8) is 0 Å². The van der Waals surface area contributed by atoms with Crippen molar-refractivity contribution >= 4 is 20.0 Å². The van der Waals surface area contributed by atoms with Gasteiger partial charge in [-0.05, 0) is 54.4 Å². The van der Waals surface area contributed by atoms with Crippen LogP contribution >= 0.6 is 0 Å². The highest BCUT2D eigenvalue weighted by atomic mass is 32.3. The number of hydrogen-bond acceptors (Lipinski definition) is 4. The molecule has 1 unspecified atom stereocenters. The van der Waals surface area contributed by atoms with Crippen molar-refractivity contribution in [2.75, 3.05) is 6.26 Å². The highest BCUT2D eigenvalue weighted by Crippen LogP contribution is 2.23. The first kappa shape index (κ1) is 27.5. The molecule has 0 aliphatic heterocycles. The van der Waals surface area contributed by atoms with Crippen molar-refractivity contribution in [3.05, 3.63) is 59.7 Å². The molecule has 2 rings (SSSR count). The number of sulfone groups is 1. The zero-order valence-electron chi connectivity index (χ0n) is 19.9. The maximum Gasteiger partial charge on any atom is 0.282 e. The summed E-state index contributed by atoms with van der Waals surface area (Å²) in [6, 6.07) is 16.7. The molecule has 0 aliphatic carbocycles. The summed E-state index contributed by atoms with van der Waals surface area (Å²) in [6.45, 7) is 2.24. The minimum Gasteiger partial charge on any atom is -0.285 e. The molecule has 0 fully saturated rings. The molecule has 0 heterocycles. The van der Waals surface area contributed by atoms with E-state index >= 15 is 0 Å². The van der Waals surface area contributed by atoms with Gasteiger partial charge in [-0.25, -0.2) is 8.42 Å². The standard InChI is InChI=1S/C26H38O5S2/c1-3-4-5-6-7-8-9-11-22-14-18-24(19-15-22)25-20-16-23(17-21-25)12-10-13-26(32(2,27)28)33(29,30)31/h14-21,26H,3-13H2,1-2H3,(H,29,30,31). The molecule has 0 spiro atoms. The van der Waals surface area contributed by atoms with Crippen LogP contribution in [0.4, 0.5) is 0 Å². The maximum absolute atomic E-state index is 11.6. The van der Waals surface area contributed by atoms with Gasteiger partial charge in [0, 0.05) is 6.26 Å². The van der Waals surface area contributed by atoms with E-state index < -0.39 is 24.5 Å². The van der Waals surface area contributed by atoms with Gasteiger partial charge in [0.15, 0.2) is 14.4 Å². The molecule has 0 amide bonds. The predicted octanol–water partition coefficient (Wildman–Crippen LogP) is 6.23. The molecule has 184 valence electrons. The van der Waals surface area contributed by atoms with Crippen LogP contribution in [-0.4, -0.2) is 32.2 Å². The van der Waals surface area contributed by atoms with E-state index in [1.54, 1.807) is 0 Å². The van der Waals surface area contributed by atoms with Crippen molar-refractivity contribution in [1.29, 1.82) is 0 Å². The molecule has 0 saturated carbocycles. The average Bonchev–Trinajstić information content (AvgIpc) is 2.75. The topological polar surface area (TPSA) is 88.5 Å². The van der Waals surface area contributed by atoms with Crippen LogP contribution in [0.3, 0.4) is 0 Å². The van der Waals surface area contributed by atoms with Gasteiger partial charge in [0.25, 0.3) is 10.1 Å². The van der Waals surface area contributed by atoms with Crippen LogP contribution in [0.2, 0.25) is 0 Å². The second-order valence-corrected chi connectivity index (χ2v) is 13.1. The lowest BCUT2D eigenvalue weighted by atomic mass is 9.99. The van der Waals surface area contributed by atoms with E-state index in [0.717, 1.165) is 29.4 Å². The average molecular weight is 495 g/mol. The normalized spacial score (nSPS) is 13.2. The van der Waals surface area contributed by atoms with Crippen LogP contribution in [0.5, 0.6) is 0 Å². The molecular weight excluding hydrogens is 456 g/mol. The highest BCUT2D eigenvalue weighted by Gasteiger charge is 2.32. The molecule has 1 N–H and O–H groups in total. The summed E-state index contributed by atoms with van der Waals surface area (Å²) in [5.41, 5.74) is 4.61. The Morgan fingerprint density at radius 2 is 1.09 bits per heavy atom. The van der Waals surface area contributed by atoms with E-state index in [0.29, 0.717) is 12.8 Å². The molecular formula is C26H38O5S2. The van der Waals surface area contributed by atoms with Crippen LogP contribution in [0, 0.1) is 0 Å². The van der Waals surface area contributed by atoms with Gasteiger partial charge in [-0.15, -0.1) is 0 Å². The fourth-order valence-corrected chi connectivity index (χ4v) is 6.90. The first-order valence-corrected chi connectivity index (χ1v) is 15.4. The summed E-state index contributed by atoms with van der Waals surface area (Å²) in [4.78, 5) is 0. The van der Waals surface area contributed by atoms with Crippen molar-refractivity contribution in [1.82, 2.24) is 0 Å². The van der Waals surface area contributed by atoms with Crippen LogP contribution in [0.1, 0.15) is 75.8 Å². The van der Waals surface area contributed by atoms with E-state index in [9.17, 15) is 21.4 Å². The van der Waals surface area contributed by atoms with Gasteiger partial charge < -0.3 is 0 Å². The Bertz CT molecular complexity index is 1010. The van der Waals surface area contributed by atoms with Gasteiger partial charge in [0.05, 0.1) is 0 Å². The Morgan fingerprint density at radius 3 is 1.52 bits per heavy atom. The molecule has 1 atom stereocenters. The number of hydrogen-bond donors (Lipinski definition) is 1. The molecule has 2 aromatic rings. The fraction of sp³-hybridized carbons (Fsp3) is 0.538. The van der Waals surface area contributed by atoms with Crippen molar-refractivity contribution in [2.45, 2.75) is 82.1 Å². The Labute approximate surface area is 200 Å². The summed E-state index contributed by atoms with van der Waals surface area (Å²) in [6.07, 6.45) is 11.9. The predicted molar refractivity (Wildman–Crippen MR) is 137 cm³/mol. The highest BCUT2D eigenvalue weighted by molar-refractivity contribution is 8.06. The molecule has 0 aromatic heterocycles. The Morgan fingerprint density at radius 1 is 0.667 bits per heavy atom. The summed E-state index contributed by atoms with van der Waals surface area (Å²) in [5.74, 6) is 0. The Kier molecular flexibility index (Phi) is 11.1. The van der Waals surface area contributed by atoms with Gasteiger partial charge in [-0.3, -0.25) is 4.55 Å². The quantitative estimate of drug-likeness (QED) is 0.234. The third-order valence-electron chi connectivity index (χ3n) is 6.03. The summed E-state index contributed by atoms with van der Waals surface area (Å²) in [7, 11) is -8.50. The first-order valence-electron chi connectivity index (χ1n) is 11.9. The zero-order chi connectivity index (χ0) is 24.3. The van der Waals surface area contributed by atoms with Crippen molar-refractivity contribution in [3.8, 4) is 11.1 Å². The van der Waals surface area contributed by atoms with Crippen LogP contribution in [0.15, 0.2) is 48.5 Å². The van der Waals surface area contributed by atoms with Crippen LogP contribution in [0.25, 0.3) is 11.1 Å². The summed E-state index contributed by atoms with van der Waals surface area (Å²) in [5, 5.41) is 0. The minimum atomic E-state index is -4.62. The lowest BCUT2D eigenvalue weighted by molar-refractivity contribution is 0.472. The zero-order valence-corrected chi connectivity index (χ0v) is 21.5. The van der Waals surface area contributed by atoms with Crippen molar-refractivity contribution in [2.24, 2.45) is 0 Å². The molecule has 5 nitrogen and oxygen atoms in total. The number of rotatable bonds is 15. The lowest BCUT2D eigenvalue weighted by Gasteiger charge is -2.12. The molecule has 33 heavy (non-hydrogen) atoms. The third kappa shape index (κ3) is 9.98. The first-order chi connectivity index (χ1) is 15.6. The van der Waals surface area contributed by atoms with Gasteiger partial charge in [0.2, 0.25) is 0 Å². The van der Waals surface area contributed by atoms with Crippen molar-refractivity contribution < 1.29 is 21.4 Å². The molecule has 0 saturated heterocycles. The smallest absolute Gasteiger partial charge is 0.282 e.